The van der Waals surface area contributed by atoms with Crippen LogP contribution in [0.15, 0.2) is 54.7 Å². The van der Waals surface area contributed by atoms with Crippen LogP contribution in [0.2, 0.25) is 0 Å². The fourth-order valence-corrected chi connectivity index (χ4v) is 11.4. The first-order chi connectivity index (χ1) is 37.2. The predicted molar refractivity (Wildman–Crippen MR) is 276 cm³/mol. The van der Waals surface area contributed by atoms with Crippen molar-refractivity contribution in [1.82, 2.24) is 55.0 Å². The van der Waals surface area contributed by atoms with Crippen LogP contribution in [-0.2, 0) is 74.4 Å². The van der Waals surface area contributed by atoms with Gasteiger partial charge in [-0.2, -0.15) is 0 Å². The molecule has 2 unspecified atom stereocenters. The number of imidazole rings is 2. The van der Waals surface area contributed by atoms with Crippen LogP contribution in [0.3, 0.4) is 0 Å². The minimum Gasteiger partial charge on any atom is -0.382 e. The second kappa shape index (κ2) is 25.2. The first-order valence-electron chi connectivity index (χ1n) is 23.6. The topological polar surface area (TPSA) is 442 Å². The van der Waals surface area contributed by atoms with Gasteiger partial charge in [-0.05, 0) is 53.8 Å². The largest absolute Gasteiger partial charge is 0.386 e. The summed E-state index contributed by atoms with van der Waals surface area (Å²) in [6, 6.07) is 3.46. The molecule has 3 saturated heterocycles. The third-order valence-electron chi connectivity index (χ3n) is 12.2. The molecular weight excluding hydrogens is 1110 g/mol. The number of amides is 5. The number of nitrogens with zero attached hydrogens (tertiary/aromatic N) is 11. The number of thiol groups is 1. The standard InChI is InChI=1S/C41H53FN18O14P2S2/c1-19(2)27(57-25(61)10-54-58-46)38(63)56-22(4-3-9-47-41(45)64)37(62)55-21-7-5-20(6-8-21)11-67-18-68-32-31-24(72-40(32)60-17-53-29-34(44)49-15-51-36(29)60)13-70-75(65,77)73-30-23(12-69-76(66,78)74-31)71-39(26(30)42)59-16-52-28-33(43)48-14-50-35(28)59/h5-8,14-17,19,22-24,26-27,30-32,39-40H,3-4,9-13,18H2,1-2H3,(H,55,62)(H,56,63)(H,57,61)(H,65,77)(H,66,78)(H2,43,48,50)(H2,44,49,51)(H3,45,47,64)/t22-,23+,24+,26+,27-,30+,31+,32+,39+,40+,75?,76?/m0/s1. The maximum Gasteiger partial charge on any atom is 0.386 e. The zero-order chi connectivity index (χ0) is 55.9. The van der Waals surface area contributed by atoms with Gasteiger partial charge in [0, 0.05) is 17.1 Å². The van der Waals surface area contributed by atoms with Crippen LogP contribution < -0.4 is 38.5 Å². The van der Waals surface area contributed by atoms with Crippen LogP contribution in [0.4, 0.5) is 26.5 Å². The first-order valence-corrected chi connectivity index (χ1v) is 28.9. The summed E-state index contributed by atoms with van der Waals surface area (Å²) in [4.78, 5) is 89.6. The number of anilines is 3. The lowest BCUT2D eigenvalue weighted by Gasteiger charge is -2.30. The Kier molecular flexibility index (Phi) is 18.7. The van der Waals surface area contributed by atoms with Crippen molar-refractivity contribution >= 4 is 101 Å². The molecule has 0 spiro atoms. The van der Waals surface area contributed by atoms with Gasteiger partial charge in [-0.25, -0.2) is 43.7 Å². The van der Waals surface area contributed by atoms with Crippen LogP contribution >= 0.6 is 25.8 Å². The Balaban J connectivity index is 0.951. The molecule has 420 valence electrons. The van der Waals surface area contributed by atoms with E-state index in [1.165, 1.54) is 28.1 Å². The number of carbonyl (C=O) groups excluding carboxylic acids is 4. The third-order valence-corrected chi connectivity index (χ3v) is 15.3. The molecule has 12 atom stereocenters. The van der Waals surface area contributed by atoms with Crippen molar-refractivity contribution in [2.75, 3.05) is 49.9 Å². The van der Waals surface area contributed by atoms with E-state index in [2.05, 4.69) is 73.4 Å². The van der Waals surface area contributed by atoms with Crippen molar-refractivity contribution in [2.24, 2.45) is 16.8 Å². The van der Waals surface area contributed by atoms with Crippen LogP contribution in [0.1, 0.15) is 44.7 Å². The Morgan fingerprint density at radius 3 is 2.21 bits per heavy atom. The number of benzene rings is 1. The highest BCUT2D eigenvalue weighted by atomic mass is 32.7. The fraction of sp³-hybridized carbons (Fsp3) is 0.512. The Hall–Kier alpha value is -6.29. The lowest BCUT2D eigenvalue weighted by Crippen LogP contribution is -2.55. The summed E-state index contributed by atoms with van der Waals surface area (Å²) in [5.41, 5.74) is 27.4. The molecular formula is C41H53FN18O14P2S2. The Morgan fingerprint density at radius 1 is 0.936 bits per heavy atom. The molecule has 0 radical (unpaired) electrons. The molecule has 3 aliphatic heterocycles. The molecule has 5 amide bonds. The van der Waals surface area contributed by atoms with Gasteiger partial charge >= 0.3 is 19.5 Å². The predicted octanol–water partition coefficient (Wildman–Crippen LogP) is 1.92. The van der Waals surface area contributed by atoms with E-state index in [-0.39, 0.29) is 60.0 Å². The second-order valence-electron chi connectivity index (χ2n) is 17.9. The summed E-state index contributed by atoms with van der Waals surface area (Å²) in [6.07, 6.45) is -6.55. The summed E-state index contributed by atoms with van der Waals surface area (Å²) in [5, 5.41) is 13.6. The van der Waals surface area contributed by atoms with Crippen molar-refractivity contribution in [3.8, 4) is 0 Å². The van der Waals surface area contributed by atoms with E-state index < -0.39 is 131 Å². The SMILES string of the molecule is CC(C)[C@H](NC(=O)CN=[N+]=[N-])C(=O)N[C@@H](CCCNC(N)=O)C(=O)Nc1ccc(COCO[C@@H]2[C@@H]3OP(O)(=S)OC[C@H]4O[C@@H](n5cnc6c(N)ncnc65)[C@H](F)[C@@H]4OP(=O)(S)OC[C@H]3O[C@H]2n2cnc3c(N)ncnc32)cc1. The van der Waals surface area contributed by atoms with Gasteiger partial charge in [-0.3, -0.25) is 37.1 Å². The van der Waals surface area contributed by atoms with E-state index in [0.717, 1.165) is 6.33 Å². The average molecular weight is 1170 g/mol. The monoisotopic (exact) mass is 1170 g/mol. The zero-order valence-corrected chi connectivity index (χ0v) is 44.7. The molecule has 5 aromatic rings. The normalized spacial score (nSPS) is 27.1. The third kappa shape index (κ3) is 13.9. The van der Waals surface area contributed by atoms with Gasteiger partial charge in [0.15, 0.2) is 41.6 Å². The summed E-state index contributed by atoms with van der Waals surface area (Å²) < 4.78 is 81.1. The zero-order valence-electron chi connectivity index (χ0n) is 41.2. The Labute approximate surface area is 451 Å². The van der Waals surface area contributed by atoms with Gasteiger partial charge < -0.3 is 66.8 Å². The van der Waals surface area contributed by atoms with Gasteiger partial charge in [0.05, 0.1) is 32.5 Å². The van der Waals surface area contributed by atoms with E-state index in [1.807, 2.05) is 0 Å². The summed E-state index contributed by atoms with van der Waals surface area (Å²) >= 11 is 9.66. The molecule has 11 N–H and O–H groups in total. The highest BCUT2D eigenvalue weighted by Crippen LogP contribution is 2.59. The summed E-state index contributed by atoms with van der Waals surface area (Å²) in [6.45, 7) is -7.75. The van der Waals surface area contributed by atoms with Gasteiger partial charge in [-0.1, -0.05) is 43.3 Å². The van der Waals surface area contributed by atoms with Gasteiger partial charge in [0.25, 0.3) is 0 Å². The van der Waals surface area contributed by atoms with E-state index in [9.17, 15) is 28.6 Å². The van der Waals surface area contributed by atoms with Crippen molar-refractivity contribution in [3.05, 3.63) is 65.6 Å². The van der Waals surface area contributed by atoms with Crippen LogP contribution in [-0.4, -0.2) is 150 Å². The number of nitrogen functional groups attached to an aromatic ring is 2. The number of ether oxygens (including phenoxy) is 4. The number of halogens is 1. The molecule has 8 rings (SSSR count). The first kappa shape index (κ1) is 57.9. The Bertz CT molecular complexity index is 3140. The number of hydrogen-bond acceptors (Lipinski definition) is 23. The van der Waals surface area contributed by atoms with Gasteiger partial charge in [-0.15, -0.1) is 0 Å². The van der Waals surface area contributed by atoms with Crippen LogP contribution in [0, 0.1) is 5.92 Å². The molecule has 3 fully saturated rings. The lowest BCUT2D eigenvalue weighted by atomic mass is 10.0. The minimum absolute atomic E-state index is 0.0273. The lowest BCUT2D eigenvalue weighted by molar-refractivity contribution is -0.141. The second-order valence-corrected chi connectivity index (χ2v) is 23.5. The molecule has 1 aromatic carbocycles. The van der Waals surface area contributed by atoms with E-state index in [4.69, 9.17) is 71.6 Å². The quantitative estimate of drug-likeness (QED) is 0.0108. The van der Waals surface area contributed by atoms with Crippen LogP contribution in [0.5, 0.6) is 0 Å². The minimum atomic E-state index is -4.51. The molecule has 78 heavy (non-hydrogen) atoms. The van der Waals surface area contributed by atoms with Gasteiger partial charge in [0.1, 0.15) is 79.6 Å². The Morgan fingerprint density at radius 2 is 1.56 bits per heavy atom. The molecule has 37 heteroatoms. The van der Waals surface area contributed by atoms with Crippen molar-refractivity contribution in [2.45, 2.75) is 94.5 Å². The molecule has 3 aliphatic rings. The van der Waals surface area contributed by atoms with Crippen molar-refractivity contribution < 1.29 is 70.1 Å². The number of nitrogens with one attached hydrogen (secondary N) is 4. The number of urea groups is 1. The highest BCUT2D eigenvalue weighted by Gasteiger charge is 2.54. The summed E-state index contributed by atoms with van der Waals surface area (Å²) in [7, 11) is 0. The number of primary amides is 1. The van der Waals surface area contributed by atoms with Crippen molar-refractivity contribution in [1.29, 1.82) is 0 Å². The molecule has 0 bridgehead atoms. The average Bonchev–Trinajstić information content (AvgIpc) is 4.24. The van der Waals surface area contributed by atoms with E-state index >= 15 is 4.39 Å². The van der Waals surface area contributed by atoms with E-state index in [1.54, 1.807) is 38.1 Å². The maximum atomic E-state index is 16.5. The fourth-order valence-electron chi connectivity index (χ4n) is 8.46. The maximum absolute atomic E-state index is 16.5. The highest BCUT2D eigenvalue weighted by molar-refractivity contribution is 8.44. The van der Waals surface area contributed by atoms with Crippen molar-refractivity contribution in [3.63, 3.8) is 0 Å². The number of azide groups is 1. The number of hydrogen-bond donors (Lipinski definition) is 9. The number of rotatable bonds is 19. The van der Waals surface area contributed by atoms with Gasteiger partial charge in [0.2, 0.25) is 17.7 Å². The number of nitrogens with two attached hydrogens (primary N) is 3. The molecule has 0 aliphatic carbocycles. The smallest absolute Gasteiger partial charge is 0.382 e. The number of carbonyl (C=O) groups is 4. The molecule has 4 aromatic heterocycles. The summed E-state index contributed by atoms with van der Waals surface area (Å²) in [5.74, 6) is -2.33. The molecule has 7 heterocycles. The molecule has 0 saturated carbocycles. The van der Waals surface area contributed by atoms with E-state index in [0.29, 0.717) is 11.3 Å². The number of alkyl halides is 1. The number of fused-ring (bicyclic) bond motifs is 4. The van der Waals surface area contributed by atoms with Crippen LogP contribution in [0.25, 0.3) is 32.8 Å². The molecule has 32 nitrogen and oxygen atoms in total. The number of aromatic nitrogens is 8.